The Morgan fingerprint density at radius 2 is 1.59 bits per heavy atom. The van der Waals surface area contributed by atoms with E-state index in [0.717, 1.165) is 11.1 Å². The van der Waals surface area contributed by atoms with Gasteiger partial charge in [-0.15, -0.1) is 0 Å². The Morgan fingerprint density at radius 1 is 0.969 bits per heavy atom. The topological polar surface area (TPSA) is 99.1 Å². The summed E-state index contributed by atoms with van der Waals surface area (Å²) in [6.07, 6.45) is 1.39. The molecule has 6 nitrogen and oxygen atoms in total. The molecule has 0 bridgehead atoms. The summed E-state index contributed by atoms with van der Waals surface area (Å²) >= 11 is 6.08. The van der Waals surface area contributed by atoms with Crippen molar-refractivity contribution in [1.82, 2.24) is 0 Å². The zero-order chi connectivity index (χ0) is 23.3. The fourth-order valence-corrected chi connectivity index (χ4v) is 4.37. The van der Waals surface area contributed by atoms with Crippen molar-refractivity contribution >= 4 is 45.0 Å². The predicted molar refractivity (Wildman–Crippen MR) is 127 cm³/mol. The van der Waals surface area contributed by atoms with Gasteiger partial charge in [-0.3, -0.25) is 9.52 Å². The van der Waals surface area contributed by atoms with Gasteiger partial charge in [-0.05, 0) is 66.9 Å². The summed E-state index contributed by atoms with van der Waals surface area (Å²) in [5.41, 5.74) is 2.92. The van der Waals surface area contributed by atoms with Crippen LogP contribution in [-0.2, 0) is 14.8 Å². The van der Waals surface area contributed by atoms with Crippen LogP contribution in [0.25, 0.3) is 6.08 Å². The van der Waals surface area contributed by atoms with Crippen LogP contribution in [0.1, 0.15) is 16.7 Å². The van der Waals surface area contributed by atoms with Gasteiger partial charge in [0.15, 0.2) is 0 Å². The van der Waals surface area contributed by atoms with Crippen LogP contribution >= 0.6 is 11.6 Å². The molecule has 0 heterocycles. The highest BCUT2D eigenvalue weighted by atomic mass is 35.5. The second-order valence-electron chi connectivity index (χ2n) is 7.04. The summed E-state index contributed by atoms with van der Waals surface area (Å²) in [6, 6.07) is 19.9. The first kappa shape index (κ1) is 23.1. The van der Waals surface area contributed by atoms with E-state index >= 15 is 0 Å². The van der Waals surface area contributed by atoms with Crippen LogP contribution in [0.4, 0.5) is 11.4 Å². The van der Waals surface area contributed by atoms with E-state index < -0.39 is 15.9 Å². The van der Waals surface area contributed by atoms with Crippen molar-refractivity contribution in [3.8, 4) is 6.07 Å². The highest BCUT2D eigenvalue weighted by molar-refractivity contribution is 7.92. The number of hydrogen-bond donors (Lipinski definition) is 2. The van der Waals surface area contributed by atoms with Gasteiger partial charge in [0.1, 0.15) is 11.6 Å². The minimum Gasteiger partial charge on any atom is -0.321 e. The highest BCUT2D eigenvalue weighted by Crippen LogP contribution is 2.24. The predicted octanol–water partition coefficient (Wildman–Crippen LogP) is 5.30. The Hall–Kier alpha value is -3.60. The number of nitrogens with zero attached hydrogens (tertiary/aromatic N) is 1. The van der Waals surface area contributed by atoms with E-state index in [-0.39, 0.29) is 10.5 Å². The largest absolute Gasteiger partial charge is 0.321 e. The minimum atomic E-state index is -3.81. The van der Waals surface area contributed by atoms with Crippen LogP contribution in [0, 0.1) is 25.2 Å². The number of anilines is 2. The first-order chi connectivity index (χ1) is 15.2. The number of sulfonamides is 1. The molecular formula is C24H20ClN3O3S. The van der Waals surface area contributed by atoms with Gasteiger partial charge in [0.05, 0.1) is 10.6 Å². The Labute approximate surface area is 192 Å². The fraction of sp³-hybridized carbons (Fsp3) is 0.0833. The number of benzene rings is 3. The van der Waals surface area contributed by atoms with Crippen molar-refractivity contribution in [3.63, 3.8) is 0 Å². The van der Waals surface area contributed by atoms with Gasteiger partial charge in [-0.1, -0.05) is 48.0 Å². The molecule has 3 aromatic rings. The van der Waals surface area contributed by atoms with Crippen LogP contribution in [0.15, 0.2) is 77.2 Å². The SMILES string of the molecule is Cc1cccc(C)c1NS(=O)(=O)c1ccc(NC(=O)/C(C#N)=C/c2ccccc2Cl)cc1. The zero-order valence-corrected chi connectivity index (χ0v) is 19.0. The van der Waals surface area contributed by atoms with E-state index in [1.807, 2.05) is 38.1 Å². The monoisotopic (exact) mass is 465 g/mol. The summed E-state index contributed by atoms with van der Waals surface area (Å²) < 4.78 is 28.1. The normalized spacial score (nSPS) is 11.5. The zero-order valence-electron chi connectivity index (χ0n) is 17.4. The molecule has 32 heavy (non-hydrogen) atoms. The lowest BCUT2D eigenvalue weighted by Gasteiger charge is -2.13. The Kier molecular flexibility index (Phi) is 6.98. The smallest absolute Gasteiger partial charge is 0.266 e. The third-order valence-electron chi connectivity index (χ3n) is 4.71. The molecular weight excluding hydrogens is 446 g/mol. The number of hydrogen-bond acceptors (Lipinski definition) is 4. The molecule has 3 aromatic carbocycles. The number of aryl methyl sites for hydroxylation is 2. The van der Waals surface area contributed by atoms with Gasteiger partial charge in [-0.25, -0.2) is 8.42 Å². The first-order valence-corrected chi connectivity index (χ1v) is 11.4. The minimum absolute atomic E-state index is 0.0465. The molecule has 0 spiro atoms. The third-order valence-corrected chi connectivity index (χ3v) is 6.42. The second-order valence-corrected chi connectivity index (χ2v) is 9.13. The fourth-order valence-electron chi connectivity index (χ4n) is 2.98. The van der Waals surface area contributed by atoms with Crippen LogP contribution in [-0.4, -0.2) is 14.3 Å². The van der Waals surface area contributed by atoms with E-state index in [4.69, 9.17) is 11.6 Å². The molecule has 1 amide bonds. The van der Waals surface area contributed by atoms with Crippen LogP contribution in [0.3, 0.4) is 0 Å². The van der Waals surface area contributed by atoms with Crippen molar-refractivity contribution in [2.75, 3.05) is 10.0 Å². The molecule has 0 unspecified atom stereocenters. The average molecular weight is 466 g/mol. The van der Waals surface area contributed by atoms with Gasteiger partial charge in [0.25, 0.3) is 15.9 Å². The first-order valence-electron chi connectivity index (χ1n) is 9.58. The number of para-hydroxylation sites is 1. The molecule has 0 aromatic heterocycles. The van der Waals surface area contributed by atoms with E-state index in [9.17, 15) is 18.5 Å². The standard InChI is InChI=1S/C24H20ClN3O3S/c1-16-6-5-7-17(2)23(16)28-32(30,31)21-12-10-20(11-13-21)27-24(29)19(15-26)14-18-8-3-4-9-22(18)25/h3-14,28H,1-2H3,(H,27,29)/b19-14+. The van der Waals surface area contributed by atoms with Gasteiger partial charge in [0.2, 0.25) is 0 Å². The summed E-state index contributed by atoms with van der Waals surface area (Å²) in [6.45, 7) is 3.65. The number of halogens is 1. The number of rotatable bonds is 6. The van der Waals surface area contributed by atoms with Crippen molar-refractivity contribution in [3.05, 3.63) is 94.0 Å². The van der Waals surface area contributed by atoms with Crippen molar-refractivity contribution < 1.29 is 13.2 Å². The maximum atomic E-state index is 12.8. The third kappa shape index (κ3) is 5.35. The van der Waals surface area contributed by atoms with E-state index in [1.54, 1.807) is 24.3 Å². The summed E-state index contributed by atoms with van der Waals surface area (Å²) in [5.74, 6) is -0.628. The molecule has 0 atom stereocenters. The van der Waals surface area contributed by atoms with Crippen LogP contribution in [0.2, 0.25) is 5.02 Å². The number of carbonyl (C=O) groups is 1. The number of amides is 1. The Bertz CT molecular complexity index is 1320. The van der Waals surface area contributed by atoms with Crippen molar-refractivity contribution in [1.29, 1.82) is 5.26 Å². The molecule has 3 rings (SSSR count). The molecule has 0 fully saturated rings. The molecule has 0 saturated heterocycles. The number of carbonyl (C=O) groups excluding carboxylic acids is 1. The molecule has 0 aliphatic heterocycles. The maximum absolute atomic E-state index is 12.8. The van der Waals surface area contributed by atoms with E-state index in [1.165, 1.54) is 30.3 Å². The molecule has 0 saturated carbocycles. The molecule has 2 N–H and O–H groups in total. The molecule has 0 aliphatic rings. The van der Waals surface area contributed by atoms with Crippen molar-refractivity contribution in [2.24, 2.45) is 0 Å². The summed E-state index contributed by atoms with van der Waals surface area (Å²) in [4.78, 5) is 12.5. The molecule has 8 heteroatoms. The van der Waals surface area contributed by atoms with Gasteiger partial charge in [0, 0.05) is 10.7 Å². The van der Waals surface area contributed by atoms with E-state index in [0.29, 0.717) is 22.0 Å². The summed E-state index contributed by atoms with van der Waals surface area (Å²) in [5, 5.41) is 12.4. The Balaban J connectivity index is 1.77. The number of nitriles is 1. The second kappa shape index (κ2) is 9.69. The van der Waals surface area contributed by atoms with Crippen LogP contribution < -0.4 is 10.0 Å². The lowest BCUT2D eigenvalue weighted by molar-refractivity contribution is -0.112. The van der Waals surface area contributed by atoms with E-state index in [2.05, 4.69) is 10.0 Å². The van der Waals surface area contributed by atoms with Gasteiger partial charge >= 0.3 is 0 Å². The van der Waals surface area contributed by atoms with Gasteiger partial charge < -0.3 is 5.32 Å². The van der Waals surface area contributed by atoms with Crippen molar-refractivity contribution in [2.45, 2.75) is 18.7 Å². The quantitative estimate of drug-likeness (QED) is 0.381. The molecule has 0 radical (unpaired) electrons. The molecule has 162 valence electrons. The number of nitrogens with one attached hydrogen (secondary N) is 2. The average Bonchev–Trinajstić information content (AvgIpc) is 2.76. The van der Waals surface area contributed by atoms with Gasteiger partial charge in [-0.2, -0.15) is 5.26 Å². The molecule has 0 aliphatic carbocycles. The lowest BCUT2D eigenvalue weighted by atomic mass is 10.1. The highest BCUT2D eigenvalue weighted by Gasteiger charge is 2.17. The maximum Gasteiger partial charge on any atom is 0.266 e. The summed E-state index contributed by atoms with van der Waals surface area (Å²) in [7, 11) is -3.81. The Morgan fingerprint density at radius 3 is 2.19 bits per heavy atom. The lowest BCUT2D eigenvalue weighted by Crippen LogP contribution is -2.16. The van der Waals surface area contributed by atoms with Crippen LogP contribution in [0.5, 0.6) is 0 Å².